The molecule has 0 fully saturated rings. The van der Waals surface area contributed by atoms with Gasteiger partial charge in [0.1, 0.15) is 0 Å². The summed E-state index contributed by atoms with van der Waals surface area (Å²) in [5.41, 5.74) is 0. The van der Waals surface area contributed by atoms with Crippen molar-refractivity contribution in [1.29, 1.82) is 0 Å². The summed E-state index contributed by atoms with van der Waals surface area (Å²) in [6.45, 7) is 0. The van der Waals surface area contributed by atoms with E-state index >= 15 is 0 Å². The van der Waals surface area contributed by atoms with E-state index in [1.165, 1.54) is 19.5 Å². The summed E-state index contributed by atoms with van der Waals surface area (Å²) in [4.78, 5) is 0. The van der Waals surface area contributed by atoms with E-state index in [2.05, 4.69) is 0 Å². The lowest BCUT2D eigenvalue weighted by atomic mass is 26.8. The zero-order chi connectivity index (χ0) is 4.99. The monoisotopic (exact) mass is 188 g/mol. The Labute approximate surface area is 54.7 Å². The van der Waals surface area contributed by atoms with E-state index in [9.17, 15) is 0 Å². The minimum absolute atomic E-state index is 0.297. The highest BCUT2D eigenvalue weighted by atomic mass is 35.7. The van der Waals surface area contributed by atoms with Crippen LogP contribution in [0.4, 0.5) is 0 Å². The van der Waals surface area contributed by atoms with E-state index in [1.54, 1.807) is 0 Å². The summed E-state index contributed by atoms with van der Waals surface area (Å²) in [6, 6.07) is 0. The van der Waals surface area contributed by atoms with Gasteiger partial charge in [0.2, 0.25) is 0 Å². The van der Waals surface area contributed by atoms with Gasteiger partial charge in [-0.25, -0.2) is 0 Å². The molecule has 0 aliphatic carbocycles. The van der Waals surface area contributed by atoms with Gasteiger partial charge in [0.05, 0.1) is 0 Å². The van der Waals surface area contributed by atoms with Gasteiger partial charge in [-0.1, -0.05) is 6.37 Å². The molecule has 0 aliphatic rings. The third kappa shape index (κ3) is 3.77. The van der Waals surface area contributed by atoms with E-state index in [4.69, 9.17) is 11.2 Å². The Balaban J connectivity index is 2.75. The van der Waals surface area contributed by atoms with Crippen LogP contribution in [0.25, 0.3) is 0 Å². The first kappa shape index (κ1) is 7.59. The molecule has 0 unspecified atom stereocenters. The topological polar surface area (TPSA) is 0 Å². The predicted octanol–water partition coefficient (Wildman–Crippen LogP) is -2.65. The summed E-state index contributed by atoms with van der Waals surface area (Å²) in [5, 5.41) is 0. The molecule has 0 amide bonds. The average molecular weight is 189 g/mol. The van der Waals surface area contributed by atoms with E-state index in [1.807, 2.05) is 0 Å². The van der Waals surface area contributed by atoms with Crippen molar-refractivity contribution < 1.29 is 0 Å². The van der Waals surface area contributed by atoms with Crippen molar-refractivity contribution in [3.8, 4) is 0 Å². The highest BCUT2D eigenvalue weighted by Crippen LogP contribution is 2.33. The third-order valence-electron chi connectivity index (χ3n) is 0.686. The molecule has 6 heavy (non-hydrogen) atoms. The lowest BCUT2D eigenvalue weighted by molar-refractivity contribution is 4.18. The van der Waals surface area contributed by atoms with Crippen molar-refractivity contribution in [2.45, 2.75) is 0 Å². The summed E-state index contributed by atoms with van der Waals surface area (Å²) in [7, 11) is 3.76. The smallest absolute Gasteiger partial charge is 0.0455 e. The van der Waals surface area contributed by atoms with Crippen molar-refractivity contribution in [3.63, 3.8) is 0 Å². The zero-order valence-electron chi connectivity index (χ0n) is 4.24. The van der Waals surface area contributed by atoms with Crippen LogP contribution in [0.2, 0.25) is 0 Å². The molecule has 0 aliphatic heterocycles. The quantitative estimate of drug-likeness (QED) is 0.328. The van der Waals surface area contributed by atoms with Crippen LogP contribution >= 0.6 is 17.6 Å². The molecular weight excluding hydrogens is 179 g/mol. The predicted molar refractivity (Wildman–Crippen MR) is 49.7 cm³/mol. The van der Waals surface area contributed by atoms with Gasteiger partial charge in [-0.3, -0.25) is 0 Å². The van der Waals surface area contributed by atoms with Crippen LogP contribution in [0.5, 0.6) is 0 Å². The first-order chi connectivity index (χ1) is 2.81. The third-order valence-corrected chi connectivity index (χ3v) is 55.6. The minimum Gasteiger partial charge on any atom is -0.108 e. The fourth-order valence-electron chi connectivity index (χ4n) is 0.224. The molecule has 0 spiro atoms. The fourth-order valence-corrected chi connectivity index (χ4v) is 54.3. The van der Waals surface area contributed by atoms with Crippen molar-refractivity contribution in [1.82, 2.24) is 0 Å². The molecule has 0 aromatic rings. The van der Waals surface area contributed by atoms with Gasteiger partial charge in [0.15, 0.2) is 0 Å². The second-order valence-electron chi connectivity index (χ2n) is 1.10. The summed E-state index contributed by atoms with van der Waals surface area (Å²) < 4.78 is 0. The van der Waals surface area contributed by atoms with Crippen molar-refractivity contribution in [2.24, 2.45) is 0 Å². The number of hydrogen-bond acceptors (Lipinski definition) is 0. The van der Waals surface area contributed by atoms with Crippen LogP contribution < -0.4 is 0 Å². The number of halogens is 1. The van der Waals surface area contributed by atoms with Gasteiger partial charge >= 0.3 is 0 Å². The molecule has 6 heteroatoms. The lowest BCUT2D eigenvalue weighted by Crippen LogP contribution is -1.89. The molecule has 0 atom stereocenters. The summed E-state index contributed by atoms with van der Waals surface area (Å²) in [5.74, 6) is 0. The van der Waals surface area contributed by atoms with Crippen LogP contribution in [0.15, 0.2) is 0 Å². The average Bonchev–Trinajstić information content (AvgIpc) is 1.65. The van der Waals surface area contributed by atoms with Gasteiger partial charge in [0.25, 0.3) is 0 Å². The van der Waals surface area contributed by atoms with Crippen molar-refractivity contribution in [2.75, 3.05) is 0 Å². The van der Waals surface area contributed by atoms with Gasteiger partial charge in [-0.2, -0.15) is 0 Å². The normalized spacial score (nSPS) is 19.5. The van der Waals surface area contributed by atoms with Crippen molar-refractivity contribution in [3.05, 3.63) is 0 Å². The summed E-state index contributed by atoms with van der Waals surface area (Å²) in [6.07, 6.45) is 0.297. The standard InChI is InChI=1S/ClH10PSi4/c1-2(5-3)6-4/h5-6H2,3-4H3. The number of rotatable bonds is 2. The molecule has 0 radical (unpaired) electrons. The van der Waals surface area contributed by atoms with Crippen LogP contribution in [0, 0.1) is 0 Å². The molecule has 0 saturated heterocycles. The minimum atomic E-state index is 0.297. The Hall–Kier alpha value is 1.59. The maximum Gasteiger partial charge on any atom is 0.0455 e. The molecule has 0 heterocycles. The van der Waals surface area contributed by atoms with E-state index in [0.29, 0.717) is 23.8 Å². The molecule has 0 bridgehead atoms. The lowest BCUT2D eigenvalue weighted by Gasteiger charge is -1.95. The van der Waals surface area contributed by atoms with Crippen LogP contribution in [0.3, 0.4) is 0 Å². The second-order valence-corrected chi connectivity index (χ2v) is 29.6. The highest BCUT2D eigenvalue weighted by Gasteiger charge is 1.92. The zero-order valence-corrected chi connectivity index (χ0v) is 12.7. The van der Waals surface area contributed by atoms with E-state index in [-0.39, 0.29) is 0 Å². The Kier molecular flexibility index (Phi) is 5.99. The van der Waals surface area contributed by atoms with Crippen LogP contribution in [-0.2, 0) is 0 Å². The SMILES string of the molecule is [SiH3][SiH2]P(Cl)[SiH2][SiH3]. The molecule has 0 aromatic carbocycles. The maximum absolute atomic E-state index is 5.91. The summed E-state index contributed by atoms with van der Waals surface area (Å²) >= 11 is 5.91. The second kappa shape index (κ2) is 4.74. The maximum atomic E-state index is 5.91. The Morgan fingerprint density at radius 2 is 1.67 bits per heavy atom. The van der Waals surface area contributed by atoms with E-state index < -0.39 is 0 Å². The van der Waals surface area contributed by atoms with Crippen molar-refractivity contribution >= 4 is 54.5 Å². The molecule has 0 saturated carbocycles. The Morgan fingerprint density at radius 1 is 1.33 bits per heavy atom. The van der Waals surface area contributed by atoms with E-state index in [0.717, 1.165) is 0 Å². The van der Waals surface area contributed by atoms with Gasteiger partial charge in [-0.15, -0.1) is 11.2 Å². The first-order valence-corrected chi connectivity index (χ1v) is 19.9. The molecule has 0 aromatic heterocycles. The molecule has 38 valence electrons. The Bertz CT molecular complexity index is 26.7. The van der Waals surface area contributed by atoms with Gasteiger partial charge in [0, 0.05) is 17.4 Å². The first-order valence-electron chi connectivity index (χ1n) is 2.22. The van der Waals surface area contributed by atoms with Crippen LogP contribution in [-0.4, -0.2) is 36.9 Å². The molecule has 0 N–H and O–H groups in total. The van der Waals surface area contributed by atoms with Gasteiger partial charge < -0.3 is 0 Å². The largest absolute Gasteiger partial charge is 0.108 e. The van der Waals surface area contributed by atoms with Crippen LogP contribution in [0.1, 0.15) is 0 Å². The highest BCUT2D eigenvalue weighted by molar-refractivity contribution is 8.28. The molecular formula is H10ClPSi4. The Morgan fingerprint density at radius 3 is 1.67 bits per heavy atom. The fraction of sp³-hybridized carbons (Fsp3) is 0. The molecule has 0 rings (SSSR count). The van der Waals surface area contributed by atoms with Gasteiger partial charge in [-0.05, 0) is 19.5 Å². The molecule has 0 nitrogen and oxygen atoms in total. The number of hydrogen-bond donors (Lipinski definition) is 0.